The Morgan fingerprint density at radius 2 is 2.10 bits per heavy atom. The molecule has 0 aliphatic carbocycles. The summed E-state index contributed by atoms with van der Waals surface area (Å²) < 4.78 is 0. The molecule has 102 valence electrons. The molecule has 2 aromatic rings. The highest BCUT2D eigenvalue weighted by Crippen LogP contribution is 2.19. The van der Waals surface area contributed by atoms with Crippen LogP contribution in [0.5, 0.6) is 0 Å². The molecule has 5 heteroatoms. The third-order valence-corrected chi connectivity index (χ3v) is 3.70. The van der Waals surface area contributed by atoms with Gasteiger partial charge in [-0.3, -0.25) is 4.79 Å². The second-order valence-electron chi connectivity index (χ2n) is 4.21. The highest BCUT2D eigenvalue weighted by molar-refractivity contribution is 7.12. The van der Waals surface area contributed by atoms with E-state index in [-0.39, 0.29) is 5.91 Å². The van der Waals surface area contributed by atoms with Gasteiger partial charge in [-0.15, -0.1) is 11.3 Å². The Labute approximate surface area is 122 Å². The monoisotopic (exact) mass is 285 g/mol. The Bertz CT molecular complexity index is 643. The number of carbonyl (C=O) groups is 1. The van der Waals surface area contributed by atoms with Crippen molar-refractivity contribution in [2.75, 3.05) is 10.6 Å². The largest absolute Gasteiger partial charge is 0.380 e. The molecular formula is C15H15N3OS. The molecule has 0 atom stereocenters. The second kappa shape index (κ2) is 6.73. The summed E-state index contributed by atoms with van der Waals surface area (Å²) in [7, 11) is 0. The van der Waals surface area contributed by atoms with Crippen LogP contribution >= 0.6 is 11.3 Å². The molecule has 0 saturated carbocycles. The minimum Gasteiger partial charge on any atom is -0.380 e. The normalized spacial score (nSPS) is 9.80. The van der Waals surface area contributed by atoms with E-state index in [1.54, 1.807) is 0 Å². The van der Waals surface area contributed by atoms with E-state index in [1.807, 2.05) is 43.3 Å². The van der Waals surface area contributed by atoms with Gasteiger partial charge in [0.15, 0.2) is 0 Å². The van der Waals surface area contributed by atoms with Crippen LogP contribution in [0.2, 0.25) is 0 Å². The Morgan fingerprint density at radius 1 is 1.30 bits per heavy atom. The lowest BCUT2D eigenvalue weighted by Gasteiger charge is -2.08. The summed E-state index contributed by atoms with van der Waals surface area (Å²) in [6, 6.07) is 13.5. The van der Waals surface area contributed by atoms with Gasteiger partial charge in [-0.2, -0.15) is 5.26 Å². The zero-order valence-corrected chi connectivity index (χ0v) is 12.0. The van der Waals surface area contributed by atoms with Gasteiger partial charge >= 0.3 is 0 Å². The first-order chi connectivity index (χ1) is 9.71. The average molecular weight is 285 g/mol. The Balaban J connectivity index is 1.97. The summed E-state index contributed by atoms with van der Waals surface area (Å²) in [5.41, 5.74) is 1.72. The van der Waals surface area contributed by atoms with Crippen molar-refractivity contribution < 1.29 is 4.79 Å². The van der Waals surface area contributed by atoms with Crippen LogP contribution in [0, 0.1) is 11.3 Å². The van der Waals surface area contributed by atoms with Crippen molar-refractivity contribution in [2.45, 2.75) is 19.9 Å². The van der Waals surface area contributed by atoms with Gasteiger partial charge in [-0.1, -0.05) is 13.0 Å². The first-order valence-corrected chi connectivity index (χ1v) is 7.15. The fourth-order valence-corrected chi connectivity index (χ4v) is 2.42. The van der Waals surface area contributed by atoms with E-state index in [2.05, 4.69) is 16.7 Å². The average Bonchev–Trinajstić information content (AvgIpc) is 2.93. The quantitative estimate of drug-likeness (QED) is 0.882. The van der Waals surface area contributed by atoms with Crippen molar-refractivity contribution in [3.8, 4) is 6.07 Å². The maximum atomic E-state index is 11.3. The van der Waals surface area contributed by atoms with Crippen molar-refractivity contribution >= 4 is 28.6 Å². The van der Waals surface area contributed by atoms with E-state index in [0.717, 1.165) is 16.3 Å². The molecule has 0 fully saturated rings. The van der Waals surface area contributed by atoms with Gasteiger partial charge in [-0.05, 0) is 30.3 Å². The Morgan fingerprint density at radius 3 is 2.80 bits per heavy atom. The van der Waals surface area contributed by atoms with Gasteiger partial charge in [0.1, 0.15) is 10.9 Å². The van der Waals surface area contributed by atoms with E-state index in [4.69, 9.17) is 5.26 Å². The lowest BCUT2D eigenvalue weighted by Crippen LogP contribution is -2.09. The van der Waals surface area contributed by atoms with Crippen molar-refractivity contribution in [2.24, 2.45) is 0 Å². The van der Waals surface area contributed by atoms with Crippen molar-refractivity contribution in [1.82, 2.24) is 0 Å². The highest BCUT2D eigenvalue weighted by atomic mass is 32.1. The van der Waals surface area contributed by atoms with Gasteiger partial charge in [-0.25, -0.2) is 0 Å². The fourth-order valence-electron chi connectivity index (χ4n) is 1.68. The molecule has 1 heterocycles. The van der Waals surface area contributed by atoms with Gasteiger partial charge < -0.3 is 10.6 Å². The van der Waals surface area contributed by atoms with Crippen molar-refractivity contribution in [3.63, 3.8) is 0 Å². The minimum absolute atomic E-state index is 0.000862. The molecule has 0 aliphatic rings. The smallest absolute Gasteiger partial charge is 0.224 e. The third kappa shape index (κ3) is 3.84. The maximum Gasteiger partial charge on any atom is 0.224 e. The molecule has 2 N–H and O–H groups in total. The molecule has 0 radical (unpaired) electrons. The highest BCUT2D eigenvalue weighted by Gasteiger charge is 2.02. The van der Waals surface area contributed by atoms with E-state index >= 15 is 0 Å². The number of anilines is 2. The van der Waals surface area contributed by atoms with Gasteiger partial charge in [0.2, 0.25) is 5.91 Å². The maximum absolute atomic E-state index is 11.3. The van der Waals surface area contributed by atoms with Crippen LogP contribution in [0.15, 0.2) is 36.4 Å². The summed E-state index contributed by atoms with van der Waals surface area (Å²) in [6.07, 6.45) is 0.462. The van der Waals surface area contributed by atoms with E-state index < -0.39 is 0 Å². The molecule has 0 spiro atoms. The summed E-state index contributed by atoms with van der Waals surface area (Å²) >= 11 is 1.48. The summed E-state index contributed by atoms with van der Waals surface area (Å²) in [5, 5.41) is 14.9. The van der Waals surface area contributed by atoms with Crippen LogP contribution in [-0.4, -0.2) is 5.91 Å². The third-order valence-electron chi connectivity index (χ3n) is 2.71. The van der Waals surface area contributed by atoms with Gasteiger partial charge in [0, 0.05) is 29.2 Å². The van der Waals surface area contributed by atoms with Crippen LogP contribution in [0.1, 0.15) is 23.1 Å². The number of nitrogens with one attached hydrogen (secondary N) is 2. The Kier molecular flexibility index (Phi) is 4.75. The first kappa shape index (κ1) is 14.1. The Hall–Kier alpha value is -2.32. The van der Waals surface area contributed by atoms with E-state index in [0.29, 0.717) is 17.8 Å². The molecule has 0 aliphatic heterocycles. The number of hydrogen-bond acceptors (Lipinski definition) is 4. The van der Waals surface area contributed by atoms with E-state index in [9.17, 15) is 4.79 Å². The van der Waals surface area contributed by atoms with Crippen molar-refractivity contribution in [1.29, 1.82) is 5.26 Å². The minimum atomic E-state index is -0.000862. The molecule has 20 heavy (non-hydrogen) atoms. The second-order valence-corrected chi connectivity index (χ2v) is 5.38. The number of nitriles is 1. The molecule has 0 bridgehead atoms. The number of nitrogens with zero attached hydrogens (tertiary/aromatic N) is 1. The SMILES string of the molecule is CCC(=O)Nc1cccc(NCc2ccc(C#N)s2)c1. The lowest BCUT2D eigenvalue weighted by molar-refractivity contribution is -0.115. The topological polar surface area (TPSA) is 64.9 Å². The fraction of sp³-hybridized carbons (Fsp3) is 0.200. The standard InChI is InChI=1S/C15H15N3OS/c1-2-15(19)18-12-5-3-4-11(8-12)17-10-14-7-6-13(9-16)20-14/h3-8,17H,2,10H2,1H3,(H,18,19). The number of rotatable bonds is 5. The molecule has 2 rings (SSSR count). The van der Waals surface area contributed by atoms with E-state index in [1.165, 1.54) is 11.3 Å². The molecule has 1 aromatic carbocycles. The summed E-state index contributed by atoms with van der Waals surface area (Å²) in [4.78, 5) is 13.2. The van der Waals surface area contributed by atoms with Crippen LogP contribution in [0.25, 0.3) is 0 Å². The van der Waals surface area contributed by atoms with Crippen LogP contribution < -0.4 is 10.6 Å². The molecule has 0 unspecified atom stereocenters. The molecule has 1 amide bonds. The van der Waals surface area contributed by atoms with Gasteiger partial charge in [0.25, 0.3) is 0 Å². The molecule has 1 aromatic heterocycles. The lowest BCUT2D eigenvalue weighted by atomic mass is 10.2. The number of thiophene rings is 1. The predicted molar refractivity (Wildman–Crippen MR) is 81.7 cm³/mol. The molecule has 4 nitrogen and oxygen atoms in total. The number of carbonyl (C=O) groups excluding carboxylic acids is 1. The van der Waals surface area contributed by atoms with Crippen molar-refractivity contribution in [3.05, 3.63) is 46.2 Å². The summed E-state index contributed by atoms with van der Waals surface area (Å²) in [6.45, 7) is 2.48. The zero-order chi connectivity index (χ0) is 14.4. The molecular weight excluding hydrogens is 270 g/mol. The van der Waals surface area contributed by atoms with Crippen LogP contribution in [0.4, 0.5) is 11.4 Å². The molecule has 0 saturated heterocycles. The number of amides is 1. The van der Waals surface area contributed by atoms with Crippen LogP contribution in [0.3, 0.4) is 0 Å². The number of benzene rings is 1. The van der Waals surface area contributed by atoms with Gasteiger partial charge in [0.05, 0.1) is 0 Å². The van der Waals surface area contributed by atoms with Crippen LogP contribution in [-0.2, 0) is 11.3 Å². The zero-order valence-electron chi connectivity index (χ0n) is 11.1. The first-order valence-electron chi connectivity index (χ1n) is 6.34. The number of hydrogen-bond donors (Lipinski definition) is 2. The predicted octanol–water partition coefficient (Wildman–Crippen LogP) is 3.58. The summed E-state index contributed by atoms with van der Waals surface area (Å²) in [5.74, 6) is -0.000862.